The maximum absolute atomic E-state index is 5.83. The van der Waals surface area contributed by atoms with E-state index in [1.165, 1.54) is 5.56 Å². The van der Waals surface area contributed by atoms with Crippen LogP contribution in [0.1, 0.15) is 12.5 Å². The number of nitrogens with one attached hydrogen (secondary N) is 1. The smallest absolute Gasteiger partial charge is 0.137 e. The Labute approximate surface area is 130 Å². The largest absolute Gasteiger partial charge is 0.491 e. The molecule has 0 saturated carbocycles. The van der Waals surface area contributed by atoms with Crippen LogP contribution in [-0.4, -0.2) is 22.6 Å². The fourth-order valence-electron chi connectivity index (χ4n) is 2.32. The molecule has 0 fully saturated rings. The van der Waals surface area contributed by atoms with Crippen molar-refractivity contribution in [3.8, 4) is 5.75 Å². The summed E-state index contributed by atoms with van der Waals surface area (Å²) in [6.45, 7) is 4.70. The number of fused-ring (bicyclic) bond motifs is 1. The second kappa shape index (κ2) is 6.43. The van der Waals surface area contributed by atoms with Crippen LogP contribution in [0, 0.1) is 6.92 Å². The van der Waals surface area contributed by atoms with E-state index in [9.17, 15) is 0 Å². The predicted molar refractivity (Wildman–Crippen MR) is 89.3 cm³/mol. The molecule has 4 heteroatoms. The zero-order chi connectivity index (χ0) is 15.4. The summed E-state index contributed by atoms with van der Waals surface area (Å²) >= 11 is 0. The van der Waals surface area contributed by atoms with Gasteiger partial charge in [0, 0.05) is 5.39 Å². The highest BCUT2D eigenvalue weighted by molar-refractivity contribution is 5.88. The van der Waals surface area contributed by atoms with Gasteiger partial charge in [-0.3, -0.25) is 0 Å². The molecule has 1 atom stereocenters. The highest BCUT2D eigenvalue weighted by Gasteiger charge is 2.08. The van der Waals surface area contributed by atoms with Crippen LogP contribution in [0.3, 0.4) is 0 Å². The van der Waals surface area contributed by atoms with Crippen LogP contribution >= 0.6 is 0 Å². The standard InChI is InChI=1S/C18H19N3O/c1-13-6-5-7-15(10-13)22-11-14(2)21-18-16-8-3-4-9-17(16)19-12-20-18/h3-10,12,14H,11H2,1-2H3,(H,19,20,21). The summed E-state index contributed by atoms with van der Waals surface area (Å²) in [5.41, 5.74) is 2.13. The Bertz CT molecular complexity index is 768. The van der Waals surface area contributed by atoms with Gasteiger partial charge in [-0.1, -0.05) is 24.3 Å². The van der Waals surface area contributed by atoms with Crippen LogP contribution in [0.4, 0.5) is 5.82 Å². The van der Waals surface area contributed by atoms with Crippen molar-refractivity contribution in [2.75, 3.05) is 11.9 Å². The van der Waals surface area contributed by atoms with Crippen molar-refractivity contribution >= 4 is 16.7 Å². The molecule has 4 nitrogen and oxygen atoms in total. The molecule has 0 saturated heterocycles. The van der Waals surface area contributed by atoms with E-state index in [4.69, 9.17) is 4.74 Å². The number of nitrogens with zero attached hydrogens (tertiary/aromatic N) is 2. The number of hydrogen-bond donors (Lipinski definition) is 1. The molecule has 1 unspecified atom stereocenters. The summed E-state index contributed by atoms with van der Waals surface area (Å²) < 4.78 is 5.83. The average molecular weight is 293 g/mol. The van der Waals surface area contributed by atoms with Gasteiger partial charge in [0.2, 0.25) is 0 Å². The number of aryl methyl sites for hydroxylation is 1. The molecule has 1 N–H and O–H groups in total. The van der Waals surface area contributed by atoms with Crippen LogP contribution in [-0.2, 0) is 0 Å². The van der Waals surface area contributed by atoms with Gasteiger partial charge in [0.05, 0.1) is 11.6 Å². The maximum atomic E-state index is 5.83. The highest BCUT2D eigenvalue weighted by Crippen LogP contribution is 2.19. The second-order valence-electron chi connectivity index (χ2n) is 5.41. The first-order valence-electron chi connectivity index (χ1n) is 7.38. The van der Waals surface area contributed by atoms with Gasteiger partial charge in [0.25, 0.3) is 0 Å². The van der Waals surface area contributed by atoms with Crippen molar-refractivity contribution in [2.45, 2.75) is 19.9 Å². The van der Waals surface area contributed by atoms with Crippen LogP contribution in [0.2, 0.25) is 0 Å². The summed E-state index contributed by atoms with van der Waals surface area (Å²) in [6, 6.07) is 16.2. The Morgan fingerprint density at radius 3 is 2.82 bits per heavy atom. The van der Waals surface area contributed by atoms with E-state index in [0.29, 0.717) is 6.61 Å². The molecule has 3 rings (SSSR count). The van der Waals surface area contributed by atoms with Gasteiger partial charge in [-0.15, -0.1) is 0 Å². The number of aromatic nitrogens is 2. The van der Waals surface area contributed by atoms with Gasteiger partial charge in [-0.25, -0.2) is 9.97 Å². The zero-order valence-electron chi connectivity index (χ0n) is 12.8. The third-order valence-electron chi connectivity index (χ3n) is 3.42. The third-order valence-corrected chi connectivity index (χ3v) is 3.42. The summed E-state index contributed by atoms with van der Waals surface area (Å²) in [6.07, 6.45) is 1.58. The van der Waals surface area contributed by atoms with Crippen LogP contribution < -0.4 is 10.1 Å². The summed E-state index contributed by atoms with van der Waals surface area (Å²) in [5.74, 6) is 1.73. The molecule has 0 radical (unpaired) electrons. The van der Waals surface area contributed by atoms with E-state index in [2.05, 4.69) is 35.2 Å². The lowest BCUT2D eigenvalue weighted by Gasteiger charge is -2.16. The third kappa shape index (κ3) is 3.34. The second-order valence-corrected chi connectivity index (χ2v) is 5.41. The lowest BCUT2D eigenvalue weighted by Crippen LogP contribution is -2.24. The number of hydrogen-bond acceptors (Lipinski definition) is 4. The number of para-hydroxylation sites is 1. The van der Waals surface area contributed by atoms with Crippen LogP contribution in [0.15, 0.2) is 54.9 Å². The first kappa shape index (κ1) is 14.3. The summed E-state index contributed by atoms with van der Waals surface area (Å²) in [7, 11) is 0. The molecule has 2 aromatic carbocycles. The van der Waals surface area contributed by atoms with Crippen molar-refractivity contribution in [1.29, 1.82) is 0 Å². The van der Waals surface area contributed by atoms with Gasteiger partial charge in [-0.2, -0.15) is 0 Å². The van der Waals surface area contributed by atoms with E-state index < -0.39 is 0 Å². The lowest BCUT2D eigenvalue weighted by atomic mass is 10.2. The topological polar surface area (TPSA) is 47.0 Å². The first-order chi connectivity index (χ1) is 10.7. The van der Waals surface area contributed by atoms with Gasteiger partial charge >= 0.3 is 0 Å². The molecule has 0 amide bonds. The maximum Gasteiger partial charge on any atom is 0.137 e. The zero-order valence-corrected chi connectivity index (χ0v) is 12.8. The Morgan fingerprint density at radius 1 is 1.09 bits per heavy atom. The van der Waals surface area contributed by atoms with E-state index in [0.717, 1.165) is 22.5 Å². The minimum Gasteiger partial charge on any atom is -0.491 e. The number of ether oxygens (including phenoxy) is 1. The average Bonchev–Trinajstić information content (AvgIpc) is 2.53. The Kier molecular flexibility index (Phi) is 4.19. The number of anilines is 1. The molecule has 1 aromatic heterocycles. The van der Waals surface area contributed by atoms with Gasteiger partial charge in [-0.05, 0) is 43.7 Å². The quantitative estimate of drug-likeness (QED) is 0.777. The van der Waals surface area contributed by atoms with E-state index in [-0.39, 0.29) is 6.04 Å². The van der Waals surface area contributed by atoms with E-state index >= 15 is 0 Å². The fraction of sp³-hybridized carbons (Fsp3) is 0.222. The predicted octanol–water partition coefficient (Wildman–Crippen LogP) is 3.82. The minimum absolute atomic E-state index is 0.138. The molecule has 3 aromatic rings. The monoisotopic (exact) mass is 293 g/mol. The van der Waals surface area contributed by atoms with Crippen LogP contribution in [0.25, 0.3) is 10.9 Å². The summed E-state index contributed by atoms with van der Waals surface area (Å²) in [5, 5.41) is 4.41. The van der Waals surface area contributed by atoms with Crippen molar-refractivity contribution in [3.05, 3.63) is 60.4 Å². The van der Waals surface area contributed by atoms with Crippen molar-refractivity contribution in [2.24, 2.45) is 0 Å². The Balaban J connectivity index is 1.67. The highest BCUT2D eigenvalue weighted by atomic mass is 16.5. The number of benzene rings is 2. The SMILES string of the molecule is Cc1cccc(OCC(C)Nc2ncnc3ccccc23)c1. The molecule has 112 valence electrons. The first-order valence-corrected chi connectivity index (χ1v) is 7.38. The van der Waals surface area contributed by atoms with Gasteiger partial charge < -0.3 is 10.1 Å². The molecule has 0 aliphatic carbocycles. The van der Waals surface area contributed by atoms with Crippen molar-refractivity contribution in [1.82, 2.24) is 9.97 Å². The molecule has 1 heterocycles. The molecule has 0 bridgehead atoms. The Morgan fingerprint density at radius 2 is 1.95 bits per heavy atom. The van der Waals surface area contributed by atoms with Crippen LogP contribution in [0.5, 0.6) is 5.75 Å². The molecule has 0 aliphatic heterocycles. The van der Waals surface area contributed by atoms with Gasteiger partial charge in [0.15, 0.2) is 0 Å². The van der Waals surface area contributed by atoms with Crippen molar-refractivity contribution < 1.29 is 4.74 Å². The van der Waals surface area contributed by atoms with Gasteiger partial charge in [0.1, 0.15) is 24.5 Å². The van der Waals surface area contributed by atoms with Crippen molar-refractivity contribution in [3.63, 3.8) is 0 Å². The normalized spacial score (nSPS) is 12.1. The van der Waals surface area contributed by atoms with E-state index in [1.54, 1.807) is 6.33 Å². The Hall–Kier alpha value is -2.62. The summed E-state index contributed by atoms with van der Waals surface area (Å²) in [4.78, 5) is 8.61. The molecular weight excluding hydrogens is 274 g/mol. The number of rotatable bonds is 5. The fourth-order valence-corrected chi connectivity index (χ4v) is 2.32. The lowest BCUT2D eigenvalue weighted by molar-refractivity contribution is 0.303. The minimum atomic E-state index is 0.138. The molecular formula is C18H19N3O. The molecule has 0 spiro atoms. The molecule has 0 aliphatic rings. The van der Waals surface area contributed by atoms with E-state index in [1.807, 2.05) is 42.5 Å². The molecule has 22 heavy (non-hydrogen) atoms.